The molecule has 2 N–H and O–H groups in total. The highest BCUT2D eigenvalue weighted by molar-refractivity contribution is 5.92. The molecular weight excluding hydrogens is 330 g/mol. The van der Waals surface area contributed by atoms with Gasteiger partial charge in [0, 0.05) is 19.2 Å². The van der Waals surface area contributed by atoms with Crippen molar-refractivity contribution >= 4 is 11.6 Å². The summed E-state index contributed by atoms with van der Waals surface area (Å²) in [4.78, 5) is 14.0. The molecule has 1 saturated heterocycles. The Kier molecular flexibility index (Phi) is 5.25. The van der Waals surface area contributed by atoms with Gasteiger partial charge in [0.1, 0.15) is 17.4 Å². The molecule has 2 aromatic rings. The lowest BCUT2D eigenvalue weighted by molar-refractivity contribution is -0.119. The minimum Gasteiger partial charge on any atom is -0.508 e. The quantitative estimate of drug-likeness (QED) is 0.892. The smallest absolute Gasteiger partial charge is 0.238 e. The standard InChI is InChI=1S/C18H18F2N2O3/c19-13-4-5-16(15(20)9-13)21-18(24)11-22-6-7-25-17(10-22)12-2-1-3-14(23)8-12/h1-5,8-9,17,23H,6-7,10-11H2,(H,21,24)/t17-/m0/s1. The second kappa shape index (κ2) is 7.58. The summed E-state index contributed by atoms with van der Waals surface area (Å²) in [6, 6.07) is 9.79. The number of hydrogen-bond acceptors (Lipinski definition) is 4. The molecule has 1 aliphatic rings. The van der Waals surface area contributed by atoms with Crippen molar-refractivity contribution < 1.29 is 23.4 Å². The highest BCUT2D eigenvalue weighted by Gasteiger charge is 2.24. The fourth-order valence-electron chi connectivity index (χ4n) is 2.76. The van der Waals surface area contributed by atoms with Gasteiger partial charge in [0.15, 0.2) is 0 Å². The first-order chi connectivity index (χ1) is 12.0. The van der Waals surface area contributed by atoms with Crippen molar-refractivity contribution in [2.45, 2.75) is 6.10 Å². The number of amides is 1. The number of nitrogens with one attached hydrogen (secondary N) is 1. The monoisotopic (exact) mass is 348 g/mol. The molecule has 5 nitrogen and oxygen atoms in total. The molecule has 0 bridgehead atoms. The van der Waals surface area contributed by atoms with Crippen LogP contribution in [0.2, 0.25) is 0 Å². The largest absolute Gasteiger partial charge is 0.508 e. The molecule has 0 radical (unpaired) electrons. The van der Waals surface area contributed by atoms with Crippen LogP contribution in [0.5, 0.6) is 5.75 Å². The van der Waals surface area contributed by atoms with E-state index in [4.69, 9.17) is 4.74 Å². The van der Waals surface area contributed by atoms with Gasteiger partial charge < -0.3 is 15.2 Å². The van der Waals surface area contributed by atoms with Crippen molar-refractivity contribution in [3.63, 3.8) is 0 Å². The molecule has 1 fully saturated rings. The third kappa shape index (κ3) is 4.52. The van der Waals surface area contributed by atoms with Crippen molar-refractivity contribution in [3.05, 3.63) is 59.7 Å². The average molecular weight is 348 g/mol. The normalized spacial score (nSPS) is 18.1. The second-order valence-electron chi connectivity index (χ2n) is 5.86. The van der Waals surface area contributed by atoms with Crippen LogP contribution in [0.4, 0.5) is 14.5 Å². The van der Waals surface area contributed by atoms with Gasteiger partial charge in [-0.25, -0.2) is 8.78 Å². The van der Waals surface area contributed by atoms with Gasteiger partial charge >= 0.3 is 0 Å². The number of morpholine rings is 1. The Labute approximate surface area is 143 Å². The molecule has 132 valence electrons. The van der Waals surface area contributed by atoms with Crippen LogP contribution in [0.1, 0.15) is 11.7 Å². The van der Waals surface area contributed by atoms with Crippen LogP contribution in [0, 0.1) is 11.6 Å². The van der Waals surface area contributed by atoms with E-state index in [9.17, 15) is 18.7 Å². The summed E-state index contributed by atoms with van der Waals surface area (Å²) in [5, 5.41) is 12.0. The molecule has 0 saturated carbocycles. The first-order valence-corrected chi connectivity index (χ1v) is 7.89. The number of halogens is 2. The topological polar surface area (TPSA) is 61.8 Å². The highest BCUT2D eigenvalue weighted by atomic mass is 19.1. The van der Waals surface area contributed by atoms with Gasteiger partial charge in [0.05, 0.1) is 24.9 Å². The number of phenolic OH excluding ortho intramolecular Hbond substituents is 1. The number of ether oxygens (including phenoxy) is 1. The predicted molar refractivity (Wildman–Crippen MR) is 88.2 cm³/mol. The Morgan fingerprint density at radius 1 is 1.28 bits per heavy atom. The highest BCUT2D eigenvalue weighted by Crippen LogP contribution is 2.25. The number of carbonyl (C=O) groups excluding carboxylic acids is 1. The lowest BCUT2D eigenvalue weighted by Crippen LogP contribution is -2.42. The number of carbonyl (C=O) groups is 1. The summed E-state index contributed by atoms with van der Waals surface area (Å²) in [5.41, 5.74) is 0.777. The van der Waals surface area contributed by atoms with E-state index in [0.717, 1.165) is 17.7 Å². The van der Waals surface area contributed by atoms with Crippen LogP contribution >= 0.6 is 0 Å². The van der Waals surface area contributed by atoms with Crippen molar-refractivity contribution in [2.75, 3.05) is 31.6 Å². The third-order valence-corrected chi connectivity index (χ3v) is 3.97. The average Bonchev–Trinajstić information content (AvgIpc) is 2.58. The van der Waals surface area contributed by atoms with Gasteiger partial charge in [0.2, 0.25) is 5.91 Å². The van der Waals surface area contributed by atoms with Gasteiger partial charge in [-0.3, -0.25) is 9.69 Å². The number of phenols is 1. The SMILES string of the molecule is O=C(CN1CCO[C@H](c2cccc(O)c2)C1)Nc1ccc(F)cc1F. The summed E-state index contributed by atoms with van der Waals surface area (Å²) in [6.45, 7) is 1.55. The van der Waals surface area contributed by atoms with Gasteiger partial charge in [-0.05, 0) is 29.8 Å². The van der Waals surface area contributed by atoms with Crippen LogP contribution in [0.25, 0.3) is 0 Å². The number of rotatable bonds is 4. The van der Waals surface area contributed by atoms with Gasteiger partial charge in [-0.2, -0.15) is 0 Å². The summed E-state index contributed by atoms with van der Waals surface area (Å²) >= 11 is 0. The van der Waals surface area contributed by atoms with E-state index < -0.39 is 11.6 Å². The molecule has 0 spiro atoms. The first-order valence-electron chi connectivity index (χ1n) is 7.89. The Morgan fingerprint density at radius 2 is 2.12 bits per heavy atom. The number of nitrogens with zero attached hydrogens (tertiary/aromatic N) is 1. The molecule has 3 rings (SSSR count). The molecule has 0 aromatic heterocycles. The molecule has 1 atom stereocenters. The number of anilines is 1. The molecule has 7 heteroatoms. The van der Waals surface area contributed by atoms with Crippen molar-refractivity contribution in [1.82, 2.24) is 4.90 Å². The number of aromatic hydroxyl groups is 1. The Bertz CT molecular complexity index is 770. The first kappa shape index (κ1) is 17.3. The molecule has 25 heavy (non-hydrogen) atoms. The minimum atomic E-state index is -0.812. The fourth-order valence-corrected chi connectivity index (χ4v) is 2.76. The van der Waals surface area contributed by atoms with E-state index in [1.807, 2.05) is 11.0 Å². The van der Waals surface area contributed by atoms with Crippen LogP contribution in [-0.4, -0.2) is 42.2 Å². The molecular formula is C18H18F2N2O3. The van der Waals surface area contributed by atoms with Crippen molar-refractivity contribution in [3.8, 4) is 5.75 Å². The number of hydrogen-bond donors (Lipinski definition) is 2. The lowest BCUT2D eigenvalue weighted by Gasteiger charge is -2.32. The summed E-state index contributed by atoms with van der Waals surface area (Å²) in [7, 11) is 0. The molecule has 0 unspecified atom stereocenters. The molecule has 1 amide bonds. The summed E-state index contributed by atoms with van der Waals surface area (Å²) in [6.07, 6.45) is -0.254. The molecule has 1 heterocycles. The zero-order chi connectivity index (χ0) is 17.8. The van der Waals surface area contributed by atoms with Crippen LogP contribution < -0.4 is 5.32 Å². The lowest BCUT2D eigenvalue weighted by atomic mass is 10.1. The second-order valence-corrected chi connectivity index (χ2v) is 5.86. The summed E-state index contributed by atoms with van der Waals surface area (Å²) in [5.74, 6) is -1.74. The Hall–Kier alpha value is -2.51. The Morgan fingerprint density at radius 3 is 2.88 bits per heavy atom. The molecule has 0 aliphatic carbocycles. The third-order valence-electron chi connectivity index (χ3n) is 3.97. The van der Waals surface area contributed by atoms with E-state index in [2.05, 4.69) is 5.32 Å². The molecule has 1 aliphatic heterocycles. The van der Waals surface area contributed by atoms with Gasteiger partial charge in [-0.1, -0.05) is 12.1 Å². The predicted octanol–water partition coefficient (Wildman–Crippen LogP) is 2.68. The minimum absolute atomic E-state index is 0.0517. The van der Waals surface area contributed by atoms with E-state index in [1.165, 1.54) is 6.07 Å². The van der Waals surface area contributed by atoms with Crippen molar-refractivity contribution in [1.29, 1.82) is 0 Å². The van der Waals surface area contributed by atoms with Gasteiger partial charge in [0.25, 0.3) is 0 Å². The molecule has 2 aromatic carbocycles. The summed E-state index contributed by atoms with van der Waals surface area (Å²) < 4.78 is 32.2. The van der Waals surface area contributed by atoms with E-state index in [1.54, 1.807) is 18.2 Å². The van der Waals surface area contributed by atoms with Crippen LogP contribution in [0.15, 0.2) is 42.5 Å². The van der Waals surface area contributed by atoms with Crippen LogP contribution in [0.3, 0.4) is 0 Å². The maximum Gasteiger partial charge on any atom is 0.238 e. The van der Waals surface area contributed by atoms with E-state index in [0.29, 0.717) is 19.7 Å². The van der Waals surface area contributed by atoms with E-state index in [-0.39, 0.29) is 30.0 Å². The Balaban J connectivity index is 1.59. The fraction of sp³-hybridized carbons (Fsp3) is 0.278. The van der Waals surface area contributed by atoms with Crippen molar-refractivity contribution in [2.24, 2.45) is 0 Å². The zero-order valence-electron chi connectivity index (χ0n) is 13.4. The number of benzene rings is 2. The van der Waals surface area contributed by atoms with Gasteiger partial charge in [-0.15, -0.1) is 0 Å². The zero-order valence-corrected chi connectivity index (χ0v) is 13.4. The maximum atomic E-state index is 13.6. The van der Waals surface area contributed by atoms with Crippen LogP contribution in [-0.2, 0) is 9.53 Å². The maximum absolute atomic E-state index is 13.6. The van der Waals surface area contributed by atoms with E-state index >= 15 is 0 Å².